The van der Waals surface area contributed by atoms with E-state index in [1.165, 1.54) is 89.9 Å². The van der Waals surface area contributed by atoms with Gasteiger partial charge in [0.05, 0.1) is 0 Å². The van der Waals surface area contributed by atoms with E-state index in [2.05, 4.69) is 27.7 Å². The van der Waals surface area contributed by atoms with Crippen LogP contribution in [0.5, 0.6) is 0 Å². The molecule has 0 spiro atoms. The van der Waals surface area contributed by atoms with Gasteiger partial charge < -0.3 is 0 Å². The van der Waals surface area contributed by atoms with Crippen LogP contribution in [-0.4, -0.2) is 0 Å². The molecule has 0 aliphatic rings. The Morgan fingerprint density at radius 1 is 0.480 bits per heavy atom. The first-order chi connectivity index (χ1) is 12.2. The number of hydrogen-bond acceptors (Lipinski definition) is 0. The number of rotatable bonds is 20. The molecule has 0 aromatic heterocycles. The molecule has 0 saturated carbocycles. The molecule has 0 aromatic rings. The van der Waals surface area contributed by atoms with E-state index in [-0.39, 0.29) is 24.2 Å². The quantitative estimate of drug-likeness (QED) is 0.128. The molecule has 0 bridgehead atoms. The fourth-order valence-electron chi connectivity index (χ4n) is 3.97. The van der Waals surface area contributed by atoms with Crippen LogP contribution in [0.15, 0.2) is 0 Å². The summed E-state index contributed by atoms with van der Waals surface area (Å²) in [4.78, 5) is 0. The molecule has 2 atom stereocenters. The van der Waals surface area contributed by atoms with E-state index in [4.69, 9.17) is 0 Å². The van der Waals surface area contributed by atoms with Gasteiger partial charge in [-0.05, 0) is 0 Å². The third-order valence-electron chi connectivity index (χ3n) is 5.99. The zero-order valence-electron chi connectivity index (χ0n) is 18.6. The van der Waals surface area contributed by atoms with Crippen LogP contribution in [0, 0.1) is 11.8 Å². The van der Waals surface area contributed by atoms with Gasteiger partial charge in [0, 0.05) is 0 Å². The maximum atomic E-state index is 2.46. The van der Waals surface area contributed by atoms with Gasteiger partial charge in [-0.25, -0.2) is 0 Å². The Bertz CT molecular complexity index is 214. The van der Waals surface area contributed by atoms with E-state index in [0.29, 0.717) is 0 Å². The molecule has 0 fully saturated rings. The summed E-state index contributed by atoms with van der Waals surface area (Å²) in [6.45, 7) is 9.54. The average molecular weight is 451 g/mol. The van der Waals surface area contributed by atoms with Gasteiger partial charge in [-0.15, -0.1) is 0 Å². The van der Waals surface area contributed by atoms with E-state index in [9.17, 15) is 0 Å². The monoisotopic (exact) mass is 452 g/mol. The summed E-state index contributed by atoms with van der Waals surface area (Å²) in [5, 5.41) is 0. The van der Waals surface area contributed by atoms with E-state index in [0.717, 1.165) is 11.8 Å². The topological polar surface area (TPSA) is 0 Å². The van der Waals surface area contributed by atoms with Crippen molar-refractivity contribution in [3.8, 4) is 0 Å². The maximum absolute atomic E-state index is 2.46. The second-order valence-corrected chi connectivity index (χ2v) is 15.0. The van der Waals surface area contributed by atoms with Crippen LogP contribution in [0.4, 0.5) is 0 Å². The zero-order valence-corrected chi connectivity index (χ0v) is 22.6. The van der Waals surface area contributed by atoms with Crippen LogP contribution < -0.4 is 0 Å². The van der Waals surface area contributed by atoms with Gasteiger partial charge in [0.15, 0.2) is 0 Å². The van der Waals surface area contributed by atoms with Crippen molar-refractivity contribution in [1.82, 2.24) is 0 Å². The first-order valence-corrected chi connectivity index (χ1v) is 17.9. The van der Waals surface area contributed by atoms with E-state index in [1.54, 1.807) is 20.8 Å². The molecule has 1 heteroatoms. The molecule has 0 aliphatic heterocycles. The van der Waals surface area contributed by atoms with Crippen molar-refractivity contribution in [2.24, 2.45) is 11.8 Å². The van der Waals surface area contributed by atoms with Gasteiger partial charge in [0.1, 0.15) is 0 Å². The summed E-state index contributed by atoms with van der Waals surface area (Å²) in [5.41, 5.74) is 0. The molecular weight excluding hydrogens is 401 g/mol. The van der Waals surface area contributed by atoms with Crippen LogP contribution in [0.25, 0.3) is 0 Å². The fraction of sp³-hybridized carbons (Fsp3) is 1.00. The van der Waals surface area contributed by atoms with Gasteiger partial charge >= 0.3 is 174 Å². The minimum atomic E-state index is -0.324. The molecule has 2 unspecified atom stereocenters. The predicted molar refractivity (Wildman–Crippen MR) is 113 cm³/mol. The molecule has 0 heterocycles. The molecule has 0 saturated heterocycles. The molecular formula is C24H50Cd. The van der Waals surface area contributed by atoms with Gasteiger partial charge in [0.25, 0.3) is 0 Å². The van der Waals surface area contributed by atoms with E-state index < -0.39 is 0 Å². The van der Waals surface area contributed by atoms with Crippen molar-refractivity contribution >= 4 is 0 Å². The Morgan fingerprint density at radius 3 is 1.24 bits per heavy atom. The minimum absolute atomic E-state index is 0.324. The summed E-state index contributed by atoms with van der Waals surface area (Å²) in [5.74, 6) is 1.96. The van der Waals surface area contributed by atoms with Crippen LogP contribution >= 0.6 is 0 Å². The van der Waals surface area contributed by atoms with Gasteiger partial charge in [-0.2, -0.15) is 0 Å². The van der Waals surface area contributed by atoms with Crippen molar-refractivity contribution in [2.75, 3.05) is 0 Å². The Labute approximate surface area is 173 Å². The first-order valence-electron chi connectivity index (χ1n) is 12.2. The summed E-state index contributed by atoms with van der Waals surface area (Å²) >= 11 is -0.324. The SMILES string of the molecule is CCCCC(C)CCCCC[CH2][Cd][CH2]CCCCCC(C)CCCC. The summed E-state index contributed by atoms with van der Waals surface area (Å²) in [7, 11) is 0. The second kappa shape index (κ2) is 21.2. The predicted octanol–water partition coefficient (Wildman–Crippen LogP) is 9.46. The van der Waals surface area contributed by atoms with Crippen molar-refractivity contribution < 1.29 is 24.2 Å². The summed E-state index contributed by atoms with van der Waals surface area (Å²) < 4.78 is 3.39. The average Bonchev–Trinajstić information content (AvgIpc) is 2.61. The van der Waals surface area contributed by atoms with Crippen molar-refractivity contribution in [1.29, 1.82) is 0 Å². The summed E-state index contributed by atoms with van der Waals surface area (Å²) in [6.07, 6.45) is 23.8. The van der Waals surface area contributed by atoms with Gasteiger partial charge in [-0.3, -0.25) is 0 Å². The second-order valence-electron chi connectivity index (χ2n) is 8.96. The van der Waals surface area contributed by atoms with Crippen molar-refractivity contribution in [3.63, 3.8) is 0 Å². The van der Waals surface area contributed by atoms with E-state index in [1.807, 2.05) is 0 Å². The van der Waals surface area contributed by atoms with Gasteiger partial charge in [0.2, 0.25) is 0 Å². The molecule has 0 radical (unpaired) electrons. The Morgan fingerprint density at radius 2 is 0.840 bits per heavy atom. The molecule has 0 amide bonds. The third-order valence-corrected chi connectivity index (χ3v) is 11.7. The molecule has 148 valence electrons. The van der Waals surface area contributed by atoms with E-state index >= 15 is 0 Å². The molecule has 0 aromatic carbocycles. The summed E-state index contributed by atoms with van der Waals surface area (Å²) in [6, 6.07) is 0. The molecule has 0 rings (SSSR count). The molecule has 0 N–H and O–H groups in total. The zero-order chi connectivity index (χ0) is 18.6. The Hall–Kier alpha value is 0.922. The van der Waals surface area contributed by atoms with Crippen LogP contribution in [-0.2, 0) is 24.2 Å². The first kappa shape index (κ1) is 25.9. The molecule has 0 aliphatic carbocycles. The Kier molecular flexibility index (Phi) is 22.0. The van der Waals surface area contributed by atoms with Crippen LogP contribution in [0.2, 0.25) is 7.96 Å². The van der Waals surface area contributed by atoms with Crippen molar-refractivity contribution in [2.45, 2.75) is 138 Å². The molecule has 0 nitrogen and oxygen atoms in total. The fourth-order valence-corrected chi connectivity index (χ4v) is 9.02. The van der Waals surface area contributed by atoms with Crippen LogP contribution in [0.1, 0.15) is 130 Å². The number of hydrogen-bond donors (Lipinski definition) is 0. The molecule has 25 heavy (non-hydrogen) atoms. The third kappa shape index (κ3) is 21.1. The number of unbranched alkanes of at least 4 members (excludes halogenated alkanes) is 8. The van der Waals surface area contributed by atoms with Crippen LogP contribution in [0.3, 0.4) is 0 Å². The van der Waals surface area contributed by atoms with Crippen molar-refractivity contribution in [3.05, 3.63) is 0 Å². The Balaban J connectivity index is 3.12. The normalized spacial score (nSPS) is 13.6. The standard InChI is InChI=1S/2C12H25.Cd/c2*1-4-6-8-9-11-12(3)10-7-5-2;/h2*12H,1,4-11H2,2-3H3;. The van der Waals surface area contributed by atoms with Gasteiger partial charge in [-0.1, -0.05) is 0 Å².